The van der Waals surface area contributed by atoms with Gasteiger partial charge in [-0.3, -0.25) is 4.40 Å². The molecule has 7 heteroatoms. The maximum atomic E-state index is 5.57. The highest BCUT2D eigenvalue weighted by molar-refractivity contribution is 5.85. The van der Waals surface area contributed by atoms with Crippen molar-refractivity contribution in [2.75, 3.05) is 6.54 Å². The molecule has 3 aromatic heterocycles. The Balaban J connectivity index is 1.86. The average Bonchev–Trinajstić information content (AvgIpc) is 3.14. The Bertz CT molecular complexity index is 904. The molecule has 0 fully saturated rings. The number of hydrogen-bond donors (Lipinski definition) is 2. The van der Waals surface area contributed by atoms with Crippen molar-refractivity contribution >= 4 is 16.8 Å². The van der Waals surface area contributed by atoms with E-state index in [0.717, 1.165) is 29.0 Å². The molecule has 7 nitrogen and oxygen atoms in total. The lowest BCUT2D eigenvalue weighted by atomic mass is 10.1. The third-order valence-corrected chi connectivity index (χ3v) is 3.48. The minimum atomic E-state index is 0.639. The summed E-state index contributed by atoms with van der Waals surface area (Å²) >= 11 is 0. The van der Waals surface area contributed by atoms with Crippen LogP contribution in [0.4, 0.5) is 0 Å². The van der Waals surface area contributed by atoms with Gasteiger partial charge in [0, 0.05) is 5.56 Å². The van der Waals surface area contributed by atoms with Crippen molar-refractivity contribution in [3.8, 4) is 11.4 Å². The Kier molecular flexibility index (Phi) is 2.65. The fourth-order valence-corrected chi connectivity index (χ4v) is 2.42. The highest BCUT2D eigenvalue weighted by Gasteiger charge is 2.12. The van der Waals surface area contributed by atoms with Crippen LogP contribution in [0.3, 0.4) is 0 Å². The molecule has 0 spiro atoms. The number of imidazole rings is 1. The Morgan fingerprint density at radius 1 is 1.10 bits per heavy atom. The monoisotopic (exact) mass is 279 g/mol. The number of H-pyrrole nitrogens is 1. The molecule has 0 unspecified atom stereocenters. The standard InChI is InChI=1S/C14H13N7/c15-6-5-9-1-3-10(4-2-9)13-19-20-14-11-12(17-7-16-11)18-8-21(13)14/h1-4,7-8H,5-6,15H2,(H,16,17). The molecule has 0 saturated carbocycles. The van der Waals surface area contributed by atoms with Crippen LogP contribution in [0.15, 0.2) is 36.9 Å². The normalized spacial score (nSPS) is 11.5. The molecule has 0 radical (unpaired) electrons. The van der Waals surface area contributed by atoms with Crippen LogP contribution >= 0.6 is 0 Å². The van der Waals surface area contributed by atoms with Gasteiger partial charge in [0.1, 0.15) is 11.8 Å². The lowest BCUT2D eigenvalue weighted by Crippen LogP contribution is -2.02. The summed E-state index contributed by atoms with van der Waals surface area (Å²) in [6.07, 6.45) is 4.17. The van der Waals surface area contributed by atoms with Gasteiger partial charge in [-0.05, 0) is 18.5 Å². The Morgan fingerprint density at radius 2 is 1.95 bits per heavy atom. The molecule has 4 rings (SSSR count). The summed E-state index contributed by atoms with van der Waals surface area (Å²) in [6.45, 7) is 0.648. The van der Waals surface area contributed by atoms with Crippen LogP contribution in [0, 0.1) is 0 Å². The Hall–Kier alpha value is -2.80. The smallest absolute Gasteiger partial charge is 0.190 e. The van der Waals surface area contributed by atoms with Crippen molar-refractivity contribution in [2.24, 2.45) is 5.73 Å². The first-order valence-corrected chi connectivity index (χ1v) is 6.69. The number of aromatic amines is 1. The molecule has 104 valence electrons. The number of fused-ring (bicyclic) bond motifs is 3. The van der Waals surface area contributed by atoms with E-state index in [1.54, 1.807) is 12.7 Å². The van der Waals surface area contributed by atoms with Gasteiger partial charge in [0.05, 0.1) is 6.33 Å². The highest BCUT2D eigenvalue weighted by Crippen LogP contribution is 2.21. The van der Waals surface area contributed by atoms with Gasteiger partial charge in [0.25, 0.3) is 0 Å². The number of nitrogens with two attached hydrogens (primary N) is 1. The molecule has 0 aliphatic heterocycles. The van der Waals surface area contributed by atoms with Gasteiger partial charge in [-0.1, -0.05) is 24.3 Å². The topological polar surface area (TPSA) is 97.8 Å². The number of benzene rings is 1. The van der Waals surface area contributed by atoms with Gasteiger partial charge in [0.2, 0.25) is 0 Å². The minimum Gasteiger partial charge on any atom is -0.340 e. The summed E-state index contributed by atoms with van der Waals surface area (Å²) in [7, 11) is 0. The average molecular weight is 279 g/mol. The molecule has 0 amide bonds. The number of nitrogens with zero attached hydrogens (tertiary/aromatic N) is 5. The fraction of sp³-hybridized carbons (Fsp3) is 0.143. The first-order chi connectivity index (χ1) is 10.4. The second-order valence-corrected chi connectivity index (χ2v) is 4.80. The molecule has 0 bridgehead atoms. The Morgan fingerprint density at radius 3 is 2.76 bits per heavy atom. The summed E-state index contributed by atoms with van der Waals surface area (Å²) in [4.78, 5) is 11.5. The van der Waals surface area contributed by atoms with Crippen molar-refractivity contribution in [3.63, 3.8) is 0 Å². The molecule has 0 saturated heterocycles. The van der Waals surface area contributed by atoms with E-state index in [9.17, 15) is 0 Å². The summed E-state index contributed by atoms with van der Waals surface area (Å²) in [6, 6.07) is 8.17. The molecule has 0 aliphatic carbocycles. The van der Waals surface area contributed by atoms with Crippen molar-refractivity contribution in [1.29, 1.82) is 0 Å². The van der Waals surface area contributed by atoms with Crippen molar-refractivity contribution in [3.05, 3.63) is 42.5 Å². The lowest BCUT2D eigenvalue weighted by Gasteiger charge is -2.02. The van der Waals surface area contributed by atoms with E-state index in [4.69, 9.17) is 5.73 Å². The second kappa shape index (κ2) is 4.64. The lowest BCUT2D eigenvalue weighted by molar-refractivity contribution is 0.968. The summed E-state index contributed by atoms with van der Waals surface area (Å²) in [5.41, 5.74) is 9.92. The number of nitrogens with one attached hydrogen (secondary N) is 1. The fourth-order valence-electron chi connectivity index (χ4n) is 2.42. The first-order valence-electron chi connectivity index (χ1n) is 6.69. The van der Waals surface area contributed by atoms with E-state index in [1.807, 2.05) is 16.5 Å². The highest BCUT2D eigenvalue weighted by atomic mass is 15.3. The summed E-state index contributed by atoms with van der Waals surface area (Å²) in [5, 5.41) is 8.51. The van der Waals surface area contributed by atoms with Gasteiger partial charge in [-0.25, -0.2) is 9.97 Å². The van der Waals surface area contributed by atoms with E-state index in [0.29, 0.717) is 12.2 Å². The zero-order valence-corrected chi connectivity index (χ0v) is 11.2. The Labute approximate surface area is 119 Å². The van der Waals surface area contributed by atoms with Crippen LogP contribution in [-0.4, -0.2) is 36.1 Å². The van der Waals surface area contributed by atoms with E-state index in [2.05, 4.69) is 37.3 Å². The van der Waals surface area contributed by atoms with Gasteiger partial charge < -0.3 is 10.7 Å². The molecule has 1 aromatic carbocycles. The largest absolute Gasteiger partial charge is 0.340 e. The molecule has 21 heavy (non-hydrogen) atoms. The van der Waals surface area contributed by atoms with E-state index >= 15 is 0 Å². The van der Waals surface area contributed by atoms with Gasteiger partial charge in [-0.15, -0.1) is 10.2 Å². The molecular weight excluding hydrogens is 266 g/mol. The molecular formula is C14H13N7. The van der Waals surface area contributed by atoms with Crippen LogP contribution in [-0.2, 0) is 6.42 Å². The van der Waals surface area contributed by atoms with Crippen LogP contribution in [0.2, 0.25) is 0 Å². The van der Waals surface area contributed by atoms with Crippen LogP contribution in [0.5, 0.6) is 0 Å². The van der Waals surface area contributed by atoms with Gasteiger partial charge in [0.15, 0.2) is 17.1 Å². The molecule has 3 heterocycles. The van der Waals surface area contributed by atoms with Crippen molar-refractivity contribution < 1.29 is 0 Å². The predicted octanol–water partition coefficient (Wildman–Crippen LogP) is 1.17. The number of hydrogen-bond acceptors (Lipinski definition) is 5. The van der Waals surface area contributed by atoms with E-state index in [1.165, 1.54) is 5.56 Å². The molecule has 0 aliphatic rings. The van der Waals surface area contributed by atoms with E-state index < -0.39 is 0 Å². The summed E-state index contributed by atoms with van der Waals surface area (Å²) < 4.78 is 1.86. The minimum absolute atomic E-state index is 0.639. The zero-order valence-electron chi connectivity index (χ0n) is 11.2. The predicted molar refractivity (Wildman–Crippen MR) is 78.6 cm³/mol. The molecule has 0 atom stereocenters. The third kappa shape index (κ3) is 1.86. The van der Waals surface area contributed by atoms with Gasteiger partial charge in [-0.2, -0.15) is 0 Å². The quantitative estimate of drug-likeness (QED) is 0.586. The number of aromatic nitrogens is 6. The zero-order chi connectivity index (χ0) is 14.2. The number of rotatable bonds is 3. The SMILES string of the molecule is NCCc1ccc(-c2nnc3c4[nH]cnc4ncn23)cc1. The van der Waals surface area contributed by atoms with Crippen molar-refractivity contribution in [2.45, 2.75) is 6.42 Å². The molecule has 4 aromatic rings. The van der Waals surface area contributed by atoms with Crippen LogP contribution < -0.4 is 5.73 Å². The summed E-state index contributed by atoms with van der Waals surface area (Å²) in [5.74, 6) is 0.758. The third-order valence-electron chi connectivity index (χ3n) is 3.48. The van der Waals surface area contributed by atoms with Gasteiger partial charge >= 0.3 is 0 Å². The first kappa shape index (κ1) is 12.0. The van der Waals surface area contributed by atoms with Crippen LogP contribution in [0.25, 0.3) is 28.2 Å². The van der Waals surface area contributed by atoms with Crippen LogP contribution in [0.1, 0.15) is 5.56 Å². The van der Waals surface area contributed by atoms with E-state index in [-0.39, 0.29) is 0 Å². The molecule has 3 N–H and O–H groups in total. The maximum absolute atomic E-state index is 5.57. The maximum Gasteiger partial charge on any atom is 0.190 e. The second-order valence-electron chi connectivity index (χ2n) is 4.80. The van der Waals surface area contributed by atoms with Crippen molar-refractivity contribution in [1.82, 2.24) is 29.5 Å².